The second-order valence-electron chi connectivity index (χ2n) is 6.46. The highest BCUT2D eigenvalue weighted by Crippen LogP contribution is 2.24. The zero-order chi connectivity index (χ0) is 18.8. The zero-order valence-corrected chi connectivity index (χ0v) is 16.3. The first-order valence-electron chi connectivity index (χ1n) is 8.69. The molecule has 3 aromatic rings. The van der Waals surface area contributed by atoms with Crippen molar-refractivity contribution in [2.24, 2.45) is 10.9 Å². The molecular formula is C20H18BrN5O. The van der Waals surface area contributed by atoms with E-state index in [2.05, 4.69) is 36.3 Å². The number of halogens is 1. The Bertz CT molecular complexity index is 995. The summed E-state index contributed by atoms with van der Waals surface area (Å²) in [5.74, 6) is 0.324. The van der Waals surface area contributed by atoms with Crippen LogP contribution in [0.5, 0.6) is 0 Å². The molecule has 1 aromatic heterocycles. The summed E-state index contributed by atoms with van der Waals surface area (Å²) < 4.78 is 2.34. The minimum absolute atomic E-state index is 0.0921. The van der Waals surface area contributed by atoms with Crippen LogP contribution in [0.1, 0.15) is 22.8 Å². The van der Waals surface area contributed by atoms with Crippen molar-refractivity contribution in [2.45, 2.75) is 19.9 Å². The van der Waals surface area contributed by atoms with E-state index in [0.29, 0.717) is 24.9 Å². The van der Waals surface area contributed by atoms with Crippen molar-refractivity contribution >= 4 is 39.4 Å². The fraction of sp³-hybridized carbons (Fsp3) is 0.200. The summed E-state index contributed by atoms with van der Waals surface area (Å²) in [6.45, 7) is 2.44. The molecule has 1 aliphatic heterocycles. The number of rotatable bonds is 5. The Labute approximate surface area is 165 Å². The summed E-state index contributed by atoms with van der Waals surface area (Å²) >= 11 is 3.42. The van der Waals surface area contributed by atoms with Crippen LogP contribution in [-0.4, -0.2) is 26.4 Å². The van der Waals surface area contributed by atoms with Crippen molar-refractivity contribution in [3.63, 3.8) is 0 Å². The fourth-order valence-electron chi connectivity index (χ4n) is 3.03. The average molecular weight is 424 g/mol. The second-order valence-corrected chi connectivity index (χ2v) is 7.38. The number of hydrogen-bond acceptors (Lipinski definition) is 5. The summed E-state index contributed by atoms with van der Waals surface area (Å²) in [6, 6.07) is 17.9. The lowest BCUT2D eigenvalue weighted by Gasteiger charge is -2.19. The van der Waals surface area contributed by atoms with Gasteiger partial charge in [-0.3, -0.25) is 4.79 Å². The van der Waals surface area contributed by atoms with Crippen LogP contribution >= 0.6 is 15.9 Å². The highest BCUT2D eigenvalue weighted by atomic mass is 79.9. The van der Waals surface area contributed by atoms with Crippen molar-refractivity contribution < 1.29 is 4.79 Å². The molecule has 4 rings (SSSR count). The molecule has 0 radical (unpaired) electrons. The molecule has 0 amide bonds. The van der Waals surface area contributed by atoms with Gasteiger partial charge in [0, 0.05) is 16.7 Å². The molecule has 2 aromatic carbocycles. The van der Waals surface area contributed by atoms with Crippen molar-refractivity contribution in [2.75, 3.05) is 5.32 Å². The molecule has 0 fully saturated rings. The zero-order valence-electron chi connectivity index (χ0n) is 14.8. The van der Waals surface area contributed by atoms with Crippen LogP contribution in [0, 0.1) is 5.92 Å². The number of benzene rings is 2. The van der Waals surface area contributed by atoms with Crippen molar-refractivity contribution in [1.29, 1.82) is 0 Å². The van der Waals surface area contributed by atoms with Gasteiger partial charge in [-0.25, -0.2) is 4.99 Å². The number of carbonyl (C=O) groups excluding carboxylic acids is 1. The van der Waals surface area contributed by atoms with E-state index in [1.807, 2.05) is 61.5 Å². The molecule has 1 N–H and O–H groups in total. The van der Waals surface area contributed by atoms with Crippen molar-refractivity contribution in [3.8, 4) is 0 Å². The summed E-state index contributed by atoms with van der Waals surface area (Å²) in [7, 11) is 0. The van der Waals surface area contributed by atoms with Gasteiger partial charge >= 0.3 is 0 Å². The van der Waals surface area contributed by atoms with E-state index >= 15 is 0 Å². The number of anilines is 1. The molecule has 1 unspecified atom stereocenters. The van der Waals surface area contributed by atoms with Crippen molar-refractivity contribution in [1.82, 2.24) is 14.8 Å². The smallest absolute Gasteiger partial charge is 0.259 e. The lowest BCUT2D eigenvalue weighted by molar-refractivity contribution is 0.0852. The lowest BCUT2D eigenvalue weighted by Crippen LogP contribution is -2.33. The van der Waals surface area contributed by atoms with Crippen LogP contribution < -0.4 is 5.32 Å². The molecule has 0 aliphatic carbocycles. The van der Waals surface area contributed by atoms with E-state index in [1.54, 1.807) is 0 Å². The lowest BCUT2D eigenvalue weighted by atomic mass is 9.94. The normalized spacial score (nSPS) is 16.0. The largest absolute Gasteiger partial charge is 0.349 e. The standard InChI is InChI=1S/C20H18BrN5O/c1-13-17(11-14-5-3-2-4-6-14)18(27)26-20(23-13)24-19(25-26)22-12-15-7-9-16(21)10-8-15/h2-10,17H,11-12H2,1H3,(H,22,25). The summed E-state index contributed by atoms with van der Waals surface area (Å²) in [5, 5.41) is 7.48. The maximum atomic E-state index is 12.9. The van der Waals surface area contributed by atoms with Gasteiger partial charge in [-0.15, -0.1) is 5.10 Å². The van der Waals surface area contributed by atoms with Gasteiger partial charge in [-0.05, 0) is 36.6 Å². The number of nitrogens with zero attached hydrogens (tertiary/aromatic N) is 4. The van der Waals surface area contributed by atoms with E-state index in [-0.39, 0.29) is 11.8 Å². The molecule has 7 heteroatoms. The summed E-state index contributed by atoms with van der Waals surface area (Å²) in [6.07, 6.45) is 0.607. The molecular weight excluding hydrogens is 406 g/mol. The third-order valence-corrected chi connectivity index (χ3v) is 5.05. The fourth-order valence-corrected chi connectivity index (χ4v) is 3.29. The highest BCUT2D eigenvalue weighted by molar-refractivity contribution is 9.10. The van der Waals surface area contributed by atoms with E-state index in [1.165, 1.54) is 4.68 Å². The topological polar surface area (TPSA) is 72.2 Å². The number of aromatic nitrogens is 3. The quantitative estimate of drug-likeness (QED) is 0.665. The molecule has 2 heterocycles. The second kappa shape index (κ2) is 7.44. The number of hydrogen-bond donors (Lipinski definition) is 1. The maximum absolute atomic E-state index is 12.9. The molecule has 136 valence electrons. The molecule has 0 saturated carbocycles. The van der Waals surface area contributed by atoms with E-state index in [0.717, 1.165) is 21.3 Å². The van der Waals surface area contributed by atoms with Crippen LogP contribution in [-0.2, 0) is 13.0 Å². The van der Waals surface area contributed by atoms with Crippen LogP contribution in [0.15, 0.2) is 64.1 Å². The first-order valence-corrected chi connectivity index (χ1v) is 9.48. The Kier molecular flexibility index (Phi) is 4.85. The van der Waals surface area contributed by atoms with Crippen LogP contribution in [0.4, 0.5) is 11.9 Å². The predicted octanol–water partition coefficient (Wildman–Crippen LogP) is 4.26. The minimum atomic E-state index is -0.319. The van der Waals surface area contributed by atoms with E-state index in [4.69, 9.17) is 0 Å². The van der Waals surface area contributed by atoms with Crippen molar-refractivity contribution in [3.05, 3.63) is 70.2 Å². The maximum Gasteiger partial charge on any atom is 0.259 e. The van der Waals surface area contributed by atoms with Gasteiger partial charge in [0.15, 0.2) is 0 Å². The predicted molar refractivity (Wildman–Crippen MR) is 109 cm³/mol. The molecule has 27 heavy (non-hydrogen) atoms. The van der Waals surface area contributed by atoms with Gasteiger partial charge in [-0.1, -0.05) is 58.4 Å². The Morgan fingerprint density at radius 1 is 1.07 bits per heavy atom. The van der Waals surface area contributed by atoms with Gasteiger partial charge < -0.3 is 5.32 Å². The third kappa shape index (κ3) is 3.83. The average Bonchev–Trinajstić information content (AvgIpc) is 3.08. The Morgan fingerprint density at radius 3 is 2.56 bits per heavy atom. The number of nitrogens with one attached hydrogen (secondary N) is 1. The molecule has 6 nitrogen and oxygen atoms in total. The Hall–Kier alpha value is -2.80. The molecule has 0 saturated heterocycles. The first kappa shape index (κ1) is 17.6. The molecule has 1 aliphatic rings. The van der Waals surface area contributed by atoms with Gasteiger partial charge in [0.05, 0.1) is 5.92 Å². The van der Waals surface area contributed by atoms with Gasteiger partial charge in [0.2, 0.25) is 5.95 Å². The third-order valence-electron chi connectivity index (χ3n) is 4.52. The summed E-state index contributed by atoms with van der Waals surface area (Å²) in [4.78, 5) is 21.8. The first-order chi connectivity index (χ1) is 13.1. The number of fused-ring (bicyclic) bond motifs is 1. The molecule has 1 atom stereocenters. The van der Waals surface area contributed by atoms with Crippen LogP contribution in [0.25, 0.3) is 0 Å². The number of carbonyl (C=O) groups is 1. The van der Waals surface area contributed by atoms with Gasteiger partial charge in [-0.2, -0.15) is 9.67 Å². The van der Waals surface area contributed by atoms with E-state index in [9.17, 15) is 4.79 Å². The van der Waals surface area contributed by atoms with E-state index < -0.39 is 0 Å². The summed E-state index contributed by atoms with van der Waals surface area (Å²) in [5.41, 5.74) is 2.96. The number of aliphatic imine (C=N–C) groups is 1. The molecule has 0 spiro atoms. The monoisotopic (exact) mass is 423 g/mol. The molecule has 0 bridgehead atoms. The minimum Gasteiger partial charge on any atom is -0.349 e. The van der Waals surface area contributed by atoms with Crippen LogP contribution in [0.2, 0.25) is 0 Å². The Balaban J connectivity index is 1.50. The SMILES string of the molecule is CC1=Nc2nc(NCc3ccc(Br)cc3)nn2C(=O)C1Cc1ccccc1. The van der Waals surface area contributed by atoms with Gasteiger partial charge in [0.25, 0.3) is 11.9 Å². The highest BCUT2D eigenvalue weighted by Gasteiger charge is 2.31. The van der Waals surface area contributed by atoms with Gasteiger partial charge in [0.1, 0.15) is 0 Å². The van der Waals surface area contributed by atoms with Crippen LogP contribution in [0.3, 0.4) is 0 Å². The Morgan fingerprint density at radius 2 is 1.81 bits per heavy atom.